The molecule has 1 aromatic rings. The Morgan fingerprint density at radius 2 is 2.06 bits per heavy atom. The highest BCUT2D eigenvalue weighted by Gasteiger charge is 2.22. The molecule has 0 saturated heterocycles. The van der Waals surface area contributed by atoms with E-state index in [9.17, 15) is 0 Å². The zero-order valence-electron chi connectivity index (χ0n) is 11.5. The first-order valence-corrected chi connectivity index (χ1v) is 6.65. The van der Waals surface area contributed by atoms with E-state index in [-0.39, 0.29) is 6.10 Å². The molecule has 0 aliphatic heterocycles. The summed E-state index contributed by atoms with van der Waals surface area (Å²) in [4.78, 5) is 0. The number of hydrogen-bond acceptors (Lipinski definition) is 3. The van der Waals surface area contributed by atoms with Gasteiger partial charge in [-0.2, -0.15) is 0 Å². The molecule has 1 N–H and O–H groups in total. The number of rotatable bonds is 7. The molecule has 1 aromatic carbocycles. The van der Waals surface area contributed by atoms with Gasteiger partial charge in [-0.05, 0) is 49.9 Å². The average molecular weight is 249 g/mol. The van der Waals surface area contributed by atoms with Crippen LogP contribution in [0.3, 0.4) is 0 Å². The molecule has 2 rings (SSSR count). The van der Waals surface area contributed by atoms with Crippen molar-refractivity contribution in [1.29, 1.82) is 0 Å². The van der Waals surface area contributed by atoms with Crippen molar-refractivity contribution in [2.45, 2.75) is 38.8 Å². The molecule has 0 bridgehead atoms. The summed E-state index contributed by atoms with van der Waals surface area (Å²) in [6, 6.07) is 6.92. The molecule has 0 amide bonds. The van der Waals surface area contributed by atoms with Crippen molar-refractivity contribution in [1.82, 2.24) is 5.32 Å². The van der Waals surface area contributed by atoms with Gasteiger partial charge in [-0.1, -0.05) is 6.07 Å². The molecule has 0 radical (unpaired) electrons. The largest absolute Gasteiger partial charge is 0.487 e. The van der Waals surface area contributed by atoms with Gasteiger partial charge in [0.15, 0.2) is 0 Å². The van der Waals surface area contributed by atoms with Crippen molar-refractivity contribution < 1.29 is 9.47 Å². The maximum Gasteiger partial charge on any atom is 0.134 e. The van der Waals surface area contributed by atoms with Crippen molar-refractivity contribution in [3.05, 3.63) is 29.3 Å². The summed E-state index contributed by atoms with van der Waals surface area (Å²) >= 11 is 0. The molecule has 0 aromatic heterocycles. The zero-order valence-corrected chi connectivity index (χ0v) is 11.5. The van der Waals surface area contributed by atoms with E-state index in [1.807, 2.05) is 6.07 Å². The molecular weight excluding hydrogens is 226 g/mol. The van der Waals surface area contributed by atoms with Crippen LogP contribution in [0.15, 0.2) is 18.2 Å². The van der Waals surface area contributed by atoms with Crippen LogP contribution in [-0.4, -0.2) is 32.4 Å². The molecular formula is C15H23NO2. The summed E-state index contributed by atoms with van der Waals surface area (Å²) in [5, 5.41) is 3.48. The smallest absolute Gasteiger partial charge is 0.134 e. The summed E-state index contributed by atoms with van der Waals surface area (Å²) < 4.78 is 11.2. The minimum absolute atomic E-state index is 0.0812. The molecule has 1 unspecified atom stereocenters. The van der Waals surface area contributed by atoms with Gasteiger partial charge in [-0.15, -0.1) is 0 Å². The Labute approximate surface area is 109 Å². The van der Waals surface area contributed by atoms with E-state index in [0.29, 0.717) is 12.6 Å². The number of aryl methyl sites for hydroxylation is 2. The van der Waals surface area contributed by atoms with Crippen LogP contribution in [0.1, 0.15) is 24.0 Å². The van der Waals surface area contributed by atoms with Gasteiger partial charge in [-0.3, -0.25) is 0 Å². The minimum atomic E-state index is 0.0812. The maximum atomic E-state index is 5.98. The topological polar surface area (TPSA) is 30.5 Å². The van der Waals surface area contributed by atoms with Gasteiger partial charge < -0.3 is 14.8 Å². The fraction of sp³-hybridized carbons (Fsp3) is 0.600. The lowest BCUT2D eigenvalue weighted by Crippen LogP contribution is -2.35. The molecule has 100 valence electrons. The summed E-state index contributed by atoms with van der Waals surface area (Å²) in [7, 11) is 1.72. The highest BCUT2D eigenvalue weighted by atomic mass is 16.5. The van der Waals surface area contributed by atoms with Crippen LogP contribution >= 0.6 is 0 Å². The van der Waals surface area contributed by atoms with Crippen LogP contribution in [0.4, 0.5) is 0 Å². The summed E-state index contributed by atoms with van der Waals surface area (Å²) in [6.07, 6.45) is 2.67. The molecule has 1 atom stereocenters. The second-order valence-corrected chi connectivity index (χ2v) is 5.12. The standard InChI is InChI=1S/C15H23NO2/c1-11-4-7-14(8-12(11)2)18-15(10-17-3)9-16-13-5-6-13/h4,7-8,13,15-16H,5-6,9-10H2,1-3H3. The fourth-order valence-corrected chi connectivity index (χ4v) is 1.89. The molecule has 1 aliphatic carbocycles. The average Bonchev–Trinajstić information content (AvgIpc) is 3.15. The van der Waals surface area contributed by atoms with Crippen molar-refractivity contribution in [2.75, 3.05) is 20.3 Å². The SMILES string of the molecule is COCC(CNC1CC1)Oc1ccc(C)c(C)c1. The van der Waals surface area contributed by atoms with Crippen molar-refractivity contribution in [3.63, 3.8) is 0 Å². The van der Waals surface area contributed by atoms with Gasteiger partial charge in [-0.25, -0.2) is 0 Å². The Balaban J connectivity index is 1.90. The number of hydrogen-bond donors (Lipinski definition) is 1. The number of methoxy groups -OCH3 is 1. The number of nitrogens with one attached hydrogen (secondary N) is 1. The van der Waals surface area contributed by atoms with E-state index in [0.717, 1.165) is 12.3 Å². The highest BCUT2D eigenvalue weighted by Crippen LogP contribution is 2.20. The van der Waals surface area contributed by atoms with Gasteiger partial charge >= 0.3 is 0 Å². The molecule has 3 nitrogen and oxygen atoms in total. The first-order valence-electron chi connectivity index (χ1n) is 6.65. The summed E-state index contributed by atoms with van der Waals surface area (Å²) in [6.45, 7) is 5.69. The number of ether oxygens (including phenoxy) is 2. The molecule has 18 heavy (non-hydrogen) atoms. The Kier molecular flexibility index (Phi) is 4.61. The van der Waals surface area contributed by atoms with E-state index in [1.54, 1.807) is 7.11 Å². The Bertz CT molecular complexity index is 388. The third-order valence-electron chi connectivity index (χ3n) is 3.35. The second kappa shape index (κ2) is 6.21. The van der Waals surface area contributed by atoms with Gasteiger partial charge in [0, 0.05) is 19.7 Å². The predicted octanol–water partition coefficient (Wildman–Crippen LogP) is 2.45. The highest BCUT2D eigenvalue weighted by molar-refractivity contribution is 5.33. The second-order valence-electron chi connectivity index (χ2n) is 5.12. The molecule has 0 heterocycles. The molecule has 0 spiro atoms. The van der Waals surface area contributed by atoms with E-state index < -0.39 is 0 Å². The molecule has 3 heteroatoms. The lowest BCUT2D eigenvalue weighted by atomic mass is 10.1. The minimum Gasteiger partial charge on any atom is -0.487 e. The van der Waals surface area contributed by atoms with Crippen molar-refractivity contribution >= 4 is 0 Å². The van der Waals surface area contributed by atoms with Gasteiger partial charge in [0.1, 0.15) is 11.9 Å². The molecule has 1 fully saturated rings. The summed E-state index contributed by atoms with van der Waals surface area (Å²) in [5.41, 5.74) is 2.56. The van der Waals surface area contributed by atoms with E-state index in [4.69, 9.17) is 9.47 Å². The predicted molar refractivity (Wildman–Crippen MR) is 73.2 cm³/mol. The van der Waals surface area contributed by atoms with Crippen LogP contribution in [-0.2, 0) is 4.74 Å². The first-order chi connectivity index (χ1) is 8.69. The number of benzene rings is 1. The monoisotopic (exact) mass is 249 g/mol. The van der Waals surface area contributed by atoms with Crippen LogP contribution in [0.5, 0.6) is 5.75 Å². The van der Waals surface area contributed by atoms with Crippen LogP contribution < -0.4 is 10.1 Å². The Morgan fingerprint density at radius 3 is 2.67 bits per heavy atom. The van der Waals surface area contributed by atoms with E-state index in [1.165, 1.54) is 24.0 Å². The van der Waals surface area contributed by atoms with E-state index in [2.05, 4.69) is 31.3 Å². The van der Waals surface area contributed by atoms with Gasteiger partial charge in [0.2, 0.25) is 0 Å². The Hall–Kier alpha value is -1.06. The van der Waals surface area contributed by atoms with E-state index >= 15 is 0 Å². The van der Waals surface area contributed by atoms with Crippen LogP contribution in [0.25, 0.3) is 0 Å². The van der Waals surface area contributed by atoms with Gasteiger partial charge in [0.25, 0.3) is 0 Å². The third kappa shape index (κ3) is 4.00. The molecule has 1 aliphatic rings. The quantitative estimate of drug-likeness (QED) is 0.805. The maximum absolute atomic E-state index is 5.98. The summed E-state index contributed by atoms with van der Waals surface area (Å²) in [5.74, 6) is 0.928. The lowest BCUT2D eigenvalue weighted by molar-refractivity contribution is 0.0803. The first kappa shape index (κ1) is 13.4. The van der Waals surface area contributed by atoms with Crippen molar-refractivity contribution in [2.24, 2.45) is 0 Å². The van der Waals surface area contributed by atoms with Crippen LogP contribution in [0.2, 0.25) is 0 Å². The zero-order chi connectivity index (χ0) is 13.0. The lowest BCUT2D eigenvalue weighted by Gasteiger charge is -2.19. The van der Waals surface area contributed by atoms with Gasteiger partial charge in [0.05, 0.1) is 6.61 Å². The normalized spacial score (nSPS) is 16.6. The Morgan fingerprint density at radius 1 is 1.28 bits per heavy atom. The van der Waals surface area contributed by atoms with Crippen molar-refractivity contribution in [3.8, 4) is 5.75 Å². The molecule has 1 saturated carbocycles. The third-order valence-corrected chi connectivity index (χ3v) is 3.35. The fourth-order valence-electron chi connectivity index (χ4n) is 1.89. The van der Waals surface area contributed by atoms with Crippen LogP contribution in [0, 0.1) is 13.8 Å².